The Bertz CT molecular complexity index is 453. The highest BCUT2D eigenvalue weighted by Gasteiger charge is 2.10. The second-order valence-electron chi connectivity index (χ2n) is 2.55. The minimum atomic E-state index is -0.482. The van der Waals surface area contributed by atoms with Gasteiger partial charge in [0.15, 0.2) is 11.6 Å². The largest absolute Gasteiger partial charge is 0.494 e. The molecule has 0 atom stereocenters. The van der Waals surface area contributed by atoms with Gasteiger partial charge in [0.1, 0.15) is 5.52 Å². The summed E-state index contributed by atoms with van der Waals surface area (Å²) < 4.78 is 22.6. The molecule has 1 aromatic carbocycles. The van der Waals surface area contributed by atoms with Gasteiger partial charge < -0.3 is 15.0 Å². The summed E-state index contributed by atoms with van der Waals surface area (Å²) in [4.78, 5) is 0. The van der Waals surface area contributed by atoms with Gasteiger partial charge in [-0.3, -0.25) is 0 Å². The molecule has 2 aromatic rings. The molecule has 0 spiro atoms. The number of nitrogen functional groups attached to an aromatic ring is 1. The number of halogens is 1. The van der Waals surface area contributed by atoms with Crippen LogP contribution in [0.25, 0.3) is 10.9 Å². The van der Waals surface area contributed by atoms with Gasteiger partial charge in [0, 0.05) is 6.07 Å². The fourth-order valence-corrected chi connectivity index (χ4v) is 1.12. The summed E-state index contributed by atoms with van der Waals surface area (Å²) in [6.07, 6.45) is 0. The molecule has 68 valence electrons. The number of aromatic nitrogens is 1. The van der Waals surface area contributed by atoms with E-state index in [0.29, 0.717) is 10.9 Å². The first kappa shape index (κ1) is 7.85. The van der Waals surface area contributed by atoms with Gasteiger partial charge in [0.05, 0.1) is 12.5 Å². The van der Waals surface area contributed by atoms with Gasteiger partial charge >= 0.3 is 0 Å². The van der Waals surface area contributed by atoms with E-state index in [1.54, 1.807) is 0 Å². The van der Waals surface area contributed by atoms with Crippen LogP contribution in [0.5, 0.6) is 5.75 Å². The van der Waals surface area contributed by atoms with E-state index < -0.39 is 5.82 Å². The molecule has 0 amide bonds. The Morgan fingerprint density at radius 2 is 2.31 bits per heavy atom. The first-order valence-corrected chi connectivity index (χ1v) is 3.61. The molecule has 0 aliphatic heterocycles. The van der Waals surface area contributed by atoms with Crippen LogP contribution < -0.4 is 10.5 Å². The number of ether oxygens (including phenoxy) is 1. The van der Waals surface area contributed by atoms with Crippen molar-refractivity contribution in [1.82, 2.24) is 5.16 Å². The van der Waals surface area contributed by atoms with Gasteiger partial charge in [-0.25, -0.2) is 4.39 Å². The van der Waals surface area contributed by atoms with Crippen LogP contribution in [0.3, 0.4) is 0 Å². The molecule has 13 heavy (non-hydrogen) atoms. The lowest BCUT2D eigenvalue weighted by molar-refractivity contribution is 0.387. The fraction of sp³-hybridized carbons (Fsp3) is 0.125. The van der Waals surface area contributed by atoms with Crippen LogP contribution in [0, 0.1) is 5.82 Å². The third-order valence-electron chi connectivity index (χ3n) is 1.78. The Morgan fingerprint density at radius 1 is 1.54 bits per heavy atom. The number of benzene rings is 1. The SMILES string of the molecule is COc1cc2noc(N)c2cc1F. The summed E-state index contributed by atoms with van der Waals surface area (Å²) in [5.74, 6) is -0.248. The van der Waals surface area contributed by atoms with Crippen molar-refractivity contribution in [3.8, 4) is 5.75 Å². The Morgan fingerprint density at radius 3 is 3.00 bits per heavy atom. The second kappa shape index (κ2) is 2.62. The molecule has 5 heteroatoms. The summed E-state index contributed by atoms with van der Waals surface area (Å²) in [7, 11) is 1.38. The topological polar surface area (TPSA) is 61.3 Å². The molecule has 0 aliphatic carbocycles. The Kier molecular flexibility index (Phi) is 1.58. The lowest BCUT2D eigenvalue weighted by atomic mass is 10.2. The molecule has 0 unspecified atom stereocenters. The highest BCUT2D eigenvalue weighted by molar-refractivity contribution is 5.88. The average Bonchev–Trinajstić information content (AvgIpc) is 2.47. The quantitative estimate of drug-likeness (QED) is 0.726. The van der Waals surface area contributed by atoms with Crippen molar-refractivity contribution in [2.45, 2.75) is 0 Å². The number of fused-ring (bicyclic) bond motifs is 1. The number of nitrogens with two attached hydrogens (primary N) is 1. The monoisotopic (exact) mass is 182 g/mol. The van der Waals surface area contributed by atoms with Crippen molar-refractivity contribution in [3.63, 3.8) is 0 Å². The number of methoxy groups -OCH3 is 1. The number of hydrogen-bond acceptors (Lipinski definition) is 4. The minimum absolute atomic E-state index is 0.108. The standard InChI is InChI=1S/C8H7FN2O2/c1-12-7-3-6-4(2-5(7)9)8(10)13-11-6/h2-3H,10H2,1H3. The summed E-state index contributed by atoms with van der Waals surface area (Å²) in [6.45, 7) is 0. The minimum Gasteiger partial charge on any atom is -0.494 e. The van der Waals surface area contributed by atoms with Gasteiger partial charge in [-0.15, -0.1) is 0 Å². The molecule has 0 aliphatic rings. The molecule has 0 bridgehead atoms. The smallest absolute Gasteiger partial charge is 0.230 e. The molecule has 0 radical (unpaired) electrons. The number of anilines is 1. The van der Waals surface area contributed by atoms with Crippen molar-refractivity contribution in [2.75, 3.05) is 12.8 Å². The first-order chi connectivity index (χ1) is 6.22. The van der Waals surface area contributed by atoms with Gasteiger partial charge in [-0.2, -0.15) is 0 Å². The van der Waals surface area contributed by atoms with Gasteiger partial charge in [-0.1, -0.05) is 5.16 Å². The van der Waals surface area contributed by atoms with E-state index in [9.17, 15) is 4.39 Å². The molecule has 0 saturated heterocycles. The van der Waals surface area contributed by atoms with Gasteiger partial charge in [-0.05, 0) is 6.07 Å². The molecule has 0 fully saturated rings. The van der Waals surface area contributed by atoms with Crippen molar-refractivity contribution in [3.05, 3.63) is 17.9 Å². The van der Waals surface area contributed by atoms with Gasteiger partial charge in [0.2, 0.25) is 5.88 Å². The molecule has 1 heterocycles. The van der Waals surface area contributed by atoms with E-state index in [2.05, 4.69) is 9.68 Å². The predicted octanol–water partition coefficient (Wildman–Crippen LogP) is 1.56. The first-order valence-electron chi connectivity index (χ1n) is 3.61. The number of hydrogen-bond donors (Lipinski definition) is 1. The molecule has 2 rings (SSSR count). The Labute approximate surface area is 73.1 Å². The zero-order valence-corrected chi connectivity index (χ0v) is 6.87. The van der Waals surface area contributed by atoms with Crippen LogP contribution in [0.1, 0.15) is 0 Å². The maximum absolute atomic E-state index is 13.1. The van der Waals surface area contributed by atoms with Crippen molar-refractivity contribution < 1.29 is 13.7 Å². The second-order valence-corrected chi connectivity index (χ2v) is 2.55. The predicted molar refractivity (Wildman–Crippen MR) is 44.9 cm³/mol. The van der Waals surface area contributed by atoms with E-state index in [1.165, 1.54) is 19.2 Å². The summed E-state index contributed by atoms with van der Waals surface area (Å²) in [5, 5.41) is 4.08. The normalized spacial score (nSPS) is 10.6. The van der Waals surface area contributed by atoms with Crippen molar-refractivity contribution >= 4 is 16.8 Å². The molecule has 2 N–H and O–H groups in total. The molecular formula is C8H7FN2O2. The van der Waals surface area contributed by atoms with Crippen LogP contribution in [-0.4, -0.2) is 12.3 Å². The number of rotatable bonds is 1. The average molecular weight is 182 g/mol. The molecular weight excluding hydrogens is 175 g/mol. The van der Waals surface area contributed by atoms with E-state index in [-0.39, 0.29) is 11.6 Å². The van der Waals surface area contributed by atoms with E-state index in [0.717, 1.165) is 0 Å². The zero-order chi connectivity index (χ0) is 9.42. The van der Waals surface area contributed by atoms with Crippen molar-refractivity contribution in [1.29, 1.82) is 0 Å². The summed E-state index contributed by atoms with van der Waals surface area (Å²) >= 11 is 0. The van der Waals surface area contributed by atoms with Crippen LogP contribution >= 0.6 is 0 Å². The zero-order valence-electron chi connectivity index (χ0n) is 6.87. The summed E-state index contributed by atoms with van der Waals surface area (Å²) in [5.41, 5.74) is 5.88. The van der Waals surface area contributed by atoms with E-state index in [4.69, 9.17) is 10.5 Å². The third-order valence-corrected chi connectivity index (χ3v) is 1.78. The molecule has 1 aromatic heterocycles. The highest BCUT2D eigenvalue weighted by atomic mass is 19.1. The maximum Gasteiger partial charge on any atom is 0.230 e. The maximum atomic E-state index is 13.1. The van der Waals surface area contributed by atoms with Crippen molar-refractivity contribution in [2.24, 2.45) is 0 Å². The Hall–Kier alpha value is -1.78. The summed E-state index contributed by atoms with van der Waals surface area (Å²) in [6, 6.07) is 2.67. The molecule has 4 nitrogen and oxygen atoms in total. The number of nitrogens with zero attached hydrogens (tertiary/aromatic N) is 1. The lowest BCUT2D eigenvalue weighted by Gasteiger charge is -1.99. The van der Waals surface area contributed by atoms with Crippen LogP contribution in [-0.2, 0) is 0 Å². The van der Waals surface area contributed by atoms with E-state index >= 15 is 0 Å². The van der Waals surface area contributed by atoms with E-state index in [1.807, 2.05) is 0 Å². The Balaban J connectivity index is 2.76. The lowest BCUT2D eigenvalue weighted by Crippen LogP contribution is -1.88. The van der Waals surface area contributed by atoms with Gasteiger partial charge in [0.25, 0.3) is 0 Å². The molecule has 0 saturated carbocycles. The fourth-order valence-electron chi connectivity index (χ4n) is 1.12. The van der Waals surface area contributed by atoms with Crippen LogP contribution in [0.4, 0.5) is 10.3 Å². The van der Waals surface area contributed by atoms with Crippen LogP contribution in [0.2, 0.25) is 0 Å². The highest BCUT2D eigenvalue weighted by Crippen LogP contribution is 2.27. The third kappa shape index (κ3) is 1.09. The van der Waals surface area contributed by atoms with Crippen LogP contribution in [0.15, 0.2) is 16.7 Å².